The average molecular weight is 461 g/mol. The number of phenolic OH excluding ortho intramolecular Hbond substituents is 1. The van der Waals surface area contributed by atoms with Crippen LogP contribution in [0, 0.1) is 5.92 Å². The molecular weight excluding hydrogens is 435 g/mol. The number of H-pyrrole nitrogens is 1. The summed E-state index contributed by atoms with van der Waals surface area (Å²) in [5.41, 5.74) is 2.37. The van der Waals surface area contributed by atoms with Gasteiger partial charge in [-0.3, -0.25) is 9.69 Å². The summed E-state index contributed by atoms with van der Waals surface area (Å²) in [5, 5.41) is 10.7. The molecule has 0 radical (unpaired) electrons. The van der Waals surface area contributed by atoms with Gasteiger partial charge in [-0.05, 0) is 67.1 Å². The molecule has 2 heterocycles. The summed E-state index contributed by atoms with van der Waals surface area (Å²) in [7, 11) is 0. The maximum atomic E-state index is 12.5. The zero-order valence-electron chi connectivity index (χ0n) is 18.1. The fourth-order valence-corrected chi connectivity index (χ4v) is 4.36. The summed E-state index contributed by atoms with van der Waals surface area (Å²) in [4.78, 5) is 20.2. The number of phenols is 1. The predicted octanol–water partition coefficient (Wildman–Crippen LogP) is 4.48. The number of aromatic amines is 1. The first-order chi connectivity index (χ1) is 15.8. The summed E-state index contributed by atoms with van der Waals surface area (Å²) in [6, 6.07) is 10.9. The maximum Gasteiger partial charge on any atom is 0.401 e. The number of nitrogens with zero attached hydrogens (tertiary/aromatic N) is 2. The van der Waals surface area contributed by atoms with Crippen molar-refractivity contribution in [2.24, 2.45) is 5.92 Å². The molecule has 1 fully saturated rings. The highest BCUT2D eigenvalue weighted by molar-refractivity contribution is 5.89. The molecule has 0 aliphatic carbocycles. The lowest BCUT2D eigenvalue weighted by atomic mass is 9.94. The van der Waals surface area contributed by atoms with Crippen LogP contribution in [-0.2, 0) is 11.3 Å². The molecule has 2 aromatic carbocycles. The second-order valence-corrected chi connectivity index (χ2v) is 8.46. The lowest BCUT2D eigenvalue weighted by Gasteiger charge is -2.32. The Morgan fingerprint density at radius 2 is 1.94 bits per heavy atom. The van der Waals surface area contributed by atoms with Crippen LogP contribution in [0.15, 0.2) is 47.5 Å². The fourth-order valence-electron chi connectivity index (χ4n) is 4.36. The average Bonchev–Trinajstić information content (AvgIpc) is 2.78. The third-order valence-corrected chi connectivity index (χ3v) is 6.09. The Balaban J connectivity index is 1.35. The first-order valence-corrected chi connectivity index (χ1v) is 11.0. The van der Waals surface area contributed by atoms with Crippen molar-refractivity contribution in [2.45, 2.75) is 32.0 Å². The van der Waals surface area contributed by atoms with Crippen molar-refractivity contribution >= 4 is 10.9 Å². The van der Waals surface area contributed by atoms with E-state index in [2.05, 4.69) is 9.97 Å². The molecule has 6 nitrogen and oxygen atoms in total. The molecule has 0 amide bonds. The van der Waals surface area contributed by atoms with Crippen LogP contribution >= 0.6 is 0 Å². The molecule has 33 heavy (non-hydrogen) atoms. The van der Waals surface area contributed by atoms with Gasteiger partial charge in [0.1, 0.15) is 11.3 Å². The number of aromatic nitrogens is 2. The van der Waals surface area contributed by atoms with E-state index < -0.39 is 12.7 Å². The number of likely N-dealkylation sites (tertiary alicyclic amines) is 1. The Labute approximate surface area is 189 Å². The largest absolute Gasteiger partial charge is 0.506 e. The molecule has 0 saturated carbocycles. The van der Waals surface area contributed by atoms with Crippen molar-refractivity contribution < 1.29 is 23.0 Å². The SMILES string of the molecule is O=c1[nH]cnc2c(O)cc(-c3ccccc3COCCC3CCN(CC(F)(F)F)CC3)cc12. The second kappa shape index (κ2) is 9.93. The fraction of sp³-hybridized carbons (Fsp3) is 0.417. The molecule has 1 aliphatic rings. The van der Waals surface area contributed by atoms with Crippen LogP contribution in [0.25, 0.3) is 22.0 Å². The number of rotatable bonds is 7. The van der Waals surface area contributed by atoms with E-state index in [9.17, 15) is 23.1 Å². The van der Waals surface area contributed by atoms with E-state index in [0.717, 1.165) is 30.4 Å². The van der Waals surface area contributed by atoms with Gasteiger partial charge in [-0.2, -0.15) is 13.2 Å². The Bertz CT molecular complexity index is 1150. The van der Waals surface area contributed by atoms with Crippen molar-refractivity contribution in [3.63, 3.8) is 0 Å². The van der Waals surface area contributed by atoms with Gasteiger partial charge in [-0.25, -0.2) is 4.98 Å². The van der Waals surface area contributed by atoms with E-state index in [4.69, 9.17) is 4.74 Å². The molecule has 2 N–H and O–H groups in total. The zero-order chi connectivity index (χ0) is 23.4. The Hall–Kier alpha value is -2.91. The first-order valence-electron chi connectivity index (χ1n) is 11.0. The molecule has 1 aliphatic heterocycles. The first kappa shape index (κ1) is 23.3. The van der Waals surface area contributed by atoms with E-state index in [-0.39, 0.29) is 16.8 Å². The monoisotopic (exact) mass is 461 g/mol. The van der Waals surface area contributed by atoms with Crippen LogP contribution in [-0.4, -0.2) is 52.4 Å². The molecule has 1 aromatic heterocycles. The van der Waals surface area contributed by atoms with Gasteiger partial charge in [-0.1, -0.05) is 24.3 Å². The Kier molecular flexibility index (Phi) is 6.99. The van der Waals surface area contributed by atoms with Crippen LogP contribution in [0.4, 0.5) is 13.2 Å². The lowest BCUT2D eigenvalue weighted by molar-refractivity contribution is -0.148. The molecule has 3 aromatic rings. The predicted molar refractivity (Wildman–Crippen MR) is 119 cm³/mol. The van der Waals surface area contributed by atoms with Crippen LogP contribution in [0.3, 0.4) is 0 Å². The highest BCUT2D eigenvalue weighted by Gasteiger charge is 2.32. The number of hydrogen-bond acceptors (Lipinski definition) is 5. The summed E-state index contributed by atoms with van der Waals surface area (Å²) in [5.74, 6) is 0.294. The van der Waals surface area contributed by atoms with Crippen molar-refractivity contribution in [3.8, 4) is 16.9 Å². The number of nitrogens with one attached hydrogen (secondary N) is 1. The minimum atomic E-state index is -4.14. The molecule has 0 bridgehead atoms. The summed E-state index contributed by atoms with van der Waals surface area (Å²) in [6.07, 6.45) is -0.592. The van der Waals surface area contributed by atoms with Crippen LogP contribution in [0.1, 0.15) is 24.8 Å². The van der Waals surface area contributed by atoms with Gasteiger partial charge in [0, 0.05) is 6.61 Å². The van der Waals surface area contributed by atoms with Gasteiger partial charge < -0.3 is 14.8 Å². The smallest absolute Gasteiger partial charge is 0.401 e. The molecular formula is C24H26F3N3O3. The van der Waals surface area contributed by atoms with Gasteiger partial charge in [0.2, 0.25) is 0 Å². The summed E-state index contributed by atoms with van der Waals surface area (Å²) in [6.45, 7) is 0.967. The molecule has 0 unspecified atom stereocenters. The lowest BCUT2D eigenvalue weighted by Crippen LogP contribution is -2.40. The minimum absolute atomic E-state index is 0.0683. The van der Waals surface area contributed by atoms with Crippen LogP contribution in [0.2, 0.25) is 0 Å². The molecule has 4 rings (SSSR count). The van der Waals surface area contributed by atoms with Gasteiger partial charge in [0.25, 0.3) is 5.56 Å². The van der Waals surface area contributed by atoms with Crippen molar-refractivity contribution in [1.29, 1.82) is 0 Å². The number of hydrogen-bond donors (Lipinski definition) is 2. The van der Waals surface area contributed by atoms with Crippen LogP contribution in [0.5, 0.6) is 5.75 Å². The standard InChI is InChI=1S/C24H26F3N3O3/c25-24(26,27)14-30-8-5-16(6-9-30)7-10-33-13-17-3-1-2-4-19(17)18-11-20-22(21(31)12-18)28-15-29-23(20)32/h1-4,11-12,15-16,31H,5-10,13-14H2,(H,28,29,32). The summed E-state index contributed by atoms with van der Waals surface area (Å²) < 4.78 is 43.5. The number of halogens is 3. The number of alkyl halides is 3. The zero-order valence-corrected chi connectivity index (χ0v) is 18.1. The van der Waals surface area contributed by atoms with E-state index >= 15 is 0 Å². The van der Waals surface area contributed by atoms with Gasteiger partial charge in [0.15, 0.2) is 0 Å². The number of fused-ring (bicyclic) bond motifs is 1. The van der Waals surface area contributed by atoms with E-state index in [1.165, 1.54) is 11.2 Å². The van der Waals surface area contributed by atoms with Gasteiger partial charge in [-0.15, -0.1) is 0 Å². The third-order valence-electron chi connectivity index (χ3n) is 6.09. The Morgan fingerprint density at radius 1 is 1.18 bits per heavy atom. The maximum absolute atomic E-state index is 12.5. The molecule has 176 valence electrons. The number of aromatic hydroxyl groups is 1. The normalized spacial score (nSPS) is 15.8. The highest BCUT2D eigenvalue weighted by Crippen LogP contribution is 2.31. The number of benzene rings is 2. The van der Waals surface area contributed by atoms with Gasteiger partial charge in [0.05, 0.1) is 24.9 Å². The summed E-state index contributed by atoms with van der Waals surface area (Å²) >= 11 is 0. The Morgan fingerprint density at radius 3 is 2.70 bits per heavy atom. The topological polar surface area (TPSA) is 78.5 Å². The quantitative estimate of drug-likeness (QED) is 0.508. The highest BCUT2D eigenvalue weighted by atomic mass is 19.4. The van der Waals surface area contributed by atoms with E-state index in [0.29, 0.717) is 43.2 Å². The third kappa shape index (κ3) is 5.91. The molecule has 9 heteroatoms. The molecule has 0 atom stereocenters. The number of piperidine rings is 1. The second-order valence-electron chi connectivity index (χ2n) is 8.46. The van der Waals surface area contributed by atoms with Gasteiger partial charge >= 0.3 is 6.18 Å². The van der Waals surface area contributed by atoms with E-state index in [1.54, 1.807) is 12.1 Å². The van der Waals surface area contributed by atoms with E-state index in [1.807, 2.05) is 24.3 Å². The minimum Gasteiger partial charge on any atom is -0.506 e. The number of ether oxygens (including phenoxy) is 1. The van der Waals surface area contributed by atoms with Crippen molar-refractivity contribution in [1.82, 2.24) is 14.9 Å². The molecule has 1 saturated heterocycles. The van der Waals surface area contributed by atoms with Crippen molar-refractivity contribution in [3.05, 3.63) is 58.6 Å². The van der Waals surface area contributed by atoms with Crippen LogP contribution < -0.4 is 5.56 Å². The molecule has 0 spiro atoms. The van der Waals surface area contributed by atoms with Crippen molar-refractivity contribution in [2.75, 3.05) is 26.2 Å².